The van der Waals surface area contributed by atoms with Gasteiger partial charge in [-0.05, 0) is 47.5 Å². The summed E-state index contributed by atoms with van der Waals surface area (Å²) in [5, 5.41) is 12.0. The molecule has 2 N–H and O–H groups in total. The number of carboxylic acid groups (broad SMARTS) is 1. The number of rotatable bonds is 3. The first kappa shape index (κ1) is 12.8. The van der Waals surface area contributed by atoms with Gasteiger partial charge >= 0.3 is 5.97 Å². The minimum atomic E-state index is -0.964. The third kappa shape index (κ3) is 2.46. The van der Waals surface area contributed by atoms with Crippen molar-refractivity contribution in [2.45, 2.75) is 19.8 Å². The molecule has 1 aromatic rings. The number of nitrogens with one attached hydrogen (secondary N) is 1. The second-order valence-electron chi connectivity index (χ2n) is 4.15. The van der Waals surface area contributed by atoms with E-state index in [9.17, 15) is 9.59 Å². The molecule has 0 heterocycles. The van der Waals surface area contributed by atoms with Crippen molar-refractivity contribution in [1.82, 2.24) is 0 Å². The summed E-state index contributed by atoms with van der Waals surface area (Å²) in [7, 11) is 0. The van der Waals surface area contributed by atoms with Gasteiger partial charge in [0.15, 0.2) is 5.78 Å². The molecular formula is C13H12BrNO3. The number of benzene rings is 1. The SMILES string of the molecule is CC1=C(Nc2ccc(C(=O)O)cc2Br)CCC1=O. The van der Waals surface area contributed by atoms with Gasteiger partial charge in [0.25, 0.3) is 0 Å². The molecule has 18 heavy (non-hydrogen) atoms. The Hall–Kier alpha value is -1.62. The maximum Gasteiger partial charge on any atom is 0.335 e. The molecule has 0 aromatic heterocycles. The van der Waals surface area contributed by atoms with E-state index in [-0.39, 0.29) is 11.3 Å². The number of allylic oxidation sites excluding steroid dienone is 2. The van der Waals surface area contributed by atoms with E-state index in [1.54, 1.807) is 13.0 Å². The molecule has 0 saturated carbocycles. The highest BCUT2D eigenvalue weighted by Crippen LogP contribution is 2.29. The van der Waals surface area contributed by atoms with E-state index in [1.165, 1.54) is 12.1 Å². The summed E-state index contributed by atoms with van der Waals surface area (Å²) >= 11 is 3.32. The van der Waals surface area contributed by atoms with Crippen LogP contribution in [0.5, 0.6) is 0 Å². The molecule has 2 rings (SSSR count). The highest BCUT2D eigenvalue weighted by Gasteiger charge is 2.19. The summed E-state index contributed by atoms with van der Waals surface area (Å²) in [6.45, 7) is 1.80. The number of halogens is 1. The number of hydrogen-bond donors (Lipinski definition) is 2. The van der Waals surface area contributed by atoms with Gasteiger partial charge in [0.2, 0.25) is 0 Å². The van der Waals surface area contributed by atoms with Crippen molar-refractivity contribution in [1.29, 1.82) is 0 Å². The van der Waals surface area contributed by atoms with E-state index in [2.05, 4.69) is 21.2 Å². The lowest BCUT2D eigenvalue weighted by Gasteiger charge is -2.10. The predicted molar refractivity (Wildman–Crippen MR) is 71.7 cm³/mol. The van der Waals surface area contributed by atoms with E-state index in [0.29, 0.717) is 17.3 Å². The molecule has 0 atom stereocenters. The number of carbonyl (C=O) groups excluding carboxylic acids is 1. The zero-order chi connectivity index (χ0) is 13.3. The van der Waals surface area contributed by atoms with Crippen LogP contribution >= 0.6 is 15.9 Å². The second-order valence-corrected chi connectivity index (χ2v) is 5.01. The van der Waals surface area contributed by atoms with E-state index in [1.807, 2.05) is 0 Å². The Balaban J connectivity index is 2.26. The summed E-state index contributed by atoms with van der Waals surface area (Å²) < 4.78 is 0.669. The van der Waals surface area contributed by atoms with Crippen LogP contribution in [0.3, 0.4) is 0 Å². The topological polar surface area (TPSA) is 66.4 Å². The molecule has 0 unspecified atom stereocenters. The molecule has 0 saturated heterocycles. The Labute approximate surface area is 113 Å². The Bertz CT molecular complexity index is 563. The Kier molecular flexibility index (Phi) is 3.52. The quantitative estimate of drug-likeness (QED) is 0.900. The number of ketones is 1. The first-order chi connectivity index (χ1) is 8.49. The fourth-order valence-corrected chi connectivity index (χ4v) is 2.33. The number of hydrogen-bond acceptors (Lipinski definition) is 3. The van der Waals surface area contributed by atoms with E-state index < -0.39 is 5.97 Å². The van der Waals surface area contributed by atoms with Crippen molar-refractivity contribution in [2.75, 3.05) is 5.32 Å². The predicted octanol–water partition coefficient (Wildman–Crippen LogP) is 3.20. The van der Waals surface area contributed by atoms with Crippen LogP contribution in [0.25, 0.3) is 0 Å². The molecule has 1 aliphatic carbocycles. The van der Waals surface area contributed by atoms with Crippen molar-refractivity contribution >= 4 is 33.4 Å². The molecule has 4 nitrogen and oxygen atoms in total. The third-order valence-corrected chi connectivity index (χ3v) is 3.63. The largest absolute Gasteiger partial charge is 0.478 e. The van der Waals surface area contributed by atoms with Crippen LogP contribution in [-0.4, -0.2) is 16.9 Å². The van der Waals surface area contributed by atoms with Gasteiger partial charge in [-0.1, -0.05) is 0 Å². The van der Waals surface area contributed by atoms with Crippen LogP contribution < -0.4 is 5.32 Å². The minimum absolute atomic E-state index is 0.163. The minimum Gasteiger partial charge on any atom is -0.478 e. The van der Waals surface area contributed by atoms with E-state index >= 15 is 0 Å². The highest BCUT2D eigenvalue weighted by molar-refractivity contribution is 9.10. The number of carbonyl (C=O) groups is 2. The van der Waals surface area contributed by atoms with Crippen molar-refractivity contribution in [2.24, 2.45) is 0 Å². The van der Waals surface area contributed by atoms with Gasteiger partial charge in [-0.3, -0.25) is 4.79 Å². The van der Waals surface area contributed by atoms with Gasteiger partial charge in [-0.2, -0.15) is 0 Å². The Morgan fingerprint density at radius 1 is 1.39 bits per heavy atom. The molecule has 0 spiro atoms. The summed E-state index contributed by atoms with van der Waals surface area (Å²) in [6, 6.07) is 4.76. The van der Waals surface area contributed by atoms with Gasteiger partial charge in [-0.25, -0.2) is 4.79 Å². The smallest absolute Gasteiger partial charge is 0.335 e. The van der Waals surface area contributed by atoms with Crippen molar-refractivity contribution in [3.05, 3.63) is 39.5 Å². The molecule has 1 aliphatic rings. The Morgan fingerprint density at radius 2 is 2.11 bits per heavy atom. The van der Waals surface area contributed by atoms with Gasteiger partial charge in [-0.15, -0.1) is 0 Å². The summed E-state index contributed by atoms with van der Waals surface area (Å²) in [4.78, 5) is 22.2. The average molecular weight is 310 g/mol. The van der Waals surface area contributed by atoms with Crippen LogP contribution in [0.1, 0.15) is 30.1 Å². The van der Waals surface area contributed by atoms with Gasteiger partial charge in [0.1, 0.15) is 0 Å². The van der Waals surface area contributed by atoms with Crippen LogP contribution in [0.2, 0.25) is 0 Å². The first-order valence-corrected chi connectivity index (χ1v) is 6.31. The van der Waals surface area contributed by atoms with Crippen molar-refractivity contribution in [3.63, 3.8) is 0 Å². The van der Waals surface area contributed by atoms with Gasteiger partial charge < -0.3 is 10.4 Å². The van der Waals surface area contributed by atoms with Crippen LogP contribution in [0.15, 0.2) is 33.9 Å². The number of aromatic carboxylic acids is 1. The number of carboxylic acids is 1. The normalized spacial score (nSPS) is 15.1. The summed E-state index contributed by atoms with van der Waals surface area (Å²) in [5.41, 5.74) is 2.65. The van der Waals surface area contributed by atoms with Gasteiger partial charge in [0, 0.05) is 22.2 Å². The fourth-order valence-electron chi connectivity index (χ4n) is 1.85. The first-order valence-electron chi connectivity index (χ1n) is 5.52. The lowest BCUT2D eigenvalue weighted by Crippen LogP contribution is -2.02. The van der Waals surface area contributed by atoms with E-state index in [0.717, 1.165) is 17.0 Å². The maximum atomic E-state index is 11.4. The molecule has 94 valence electrons. The molecule has 0 radical (unpaired) electrons. The van der Waals surface area contributed by atoms with Crippen molar-refractivity contribution < 1.29 is 14.7 Å². The highest BCUT2D eigenvalue weighted by atomic mass is 79.9. The molecule has 5 heteroatoms. The van der Waals surface area contributed by atoms with Crippen LogP contribution in [0, 0.1) is 0 Å². The summed E-state index contributed by atoms with van der Waals surface area (Å²) in [6.07, 6.45) is 1.25. The average Bonchev–Trinajstić information content (AvgIpc) is 2.63. The molecule has 0 bridgehead atoms. The molecule has 0 amide bonds. The fraction of sp³-hybridized carbons (Fsp3) is 0.231. The standard InChI is InChI=1S/C13H12BrNO3/c1-7-10(4-5-12(7)16)15-11-3-2-8(13(17)18)6-9(11)14/h2-3,6,15H,4-5H2,1H3,(H,17,18). The third-order valence-electron chi connectivity index (χ3n) is 2.97. The zero-order valence-electron chi connectivity index (χ0n) is 9.79. The monoisotopic (exact) mass is 309 g/mol. The zero-order valence-corrected chi connectivity index (χ0v) is 11.4. The maximum absolute atomic E-state index is 11.4. The molecule has 1 aromatic carbocycles. The lowest BCUT2D eigenvalue weighted by atomic mass is 10.2. The molecular weight excluding hydrogens is 298 g/mol. The molecule has 0 fully saturated rings. The van der Waals surface area contributed by atoms with E-state index in [4.69, 9.17) is 5.11 Å². The van der Waals surface area contributed by atoms with Gasteiger partial charge in [0.05, 0.1) is 11.3 Å². The number of Topliss-reactive ketones (excluding diaryl/α,β-unsaturated/α-hetero) is 1. The van der Waals surface area contributed by atoms with Crippen LogP contribution in [0.4, 0.5) is 5.69 Å². The Morgan fingerprint density at radius 3 is 2.61 bits per heavy atom. The van der Waals surface area contributed by atoms with Crippen molar-refractivity contribution in [3.8, 4) is 0 Å². The number of anilines is 1. The molecule has 0 aliphatic heterocycles. The van der Waals surface area contributed by atoms with Crippen LogP contribution in [-0.2, 0) is 4.79 Å². The summed E-state index contributed by atoms with van der Waals surface area (Å²) in [5.74, 6) is -0.801. The second kappa shape index (κ2) is 4.94. The lowest BCUT2D eigenvalue weighted by molar-refractivity contribution is -0.114.